The number of rotatable bonds is 6. The molecule has 0 radical (unpaired) electrons. The monoisotopic (exact) mass is 260 g/mol. The zero-order valence-electron chi connectivity index (χ0n) is 11.7. The van der Waals surface area contributed by atoms with Gasteiger partial charge in [-0.2, -0.15) is 0 Å². The topological polar surface area (TPSA) is 55.1 Å². The SMILES string of the molecule is Cc1ccc(CCC(=O)NCC2(CN)CCC2)cc1. The lowest BCUT2D eigenvalue weighted by molar-refractivity contribution is -0.121. The van der Waals surface area contributed by atoms with Crippen molar-refractivity contribution in [3.05, 3.63) is 35.4 Å². The first-order valence-corrected chi connectivity index (χ1v) is 7.16. The van der Waals surface area contributed by atoms with E-state index in [2.05, 4.69) is 36.5 Å². The average molecular weight is 260 g/mol. The van der Waals surface area contributed by atoms with E-state index in [9.17, 15) is 4.79 Å². The normalized spacial score (nSPS) is 16.7. The summed E-state index contributed by atoms with van der Waals surface area (Å²) in [5.41, 5.74) is 8.45. The van der Waals surface area contributed by atoms with E-state index < -0.39 is 0 Å². The quantitative estimate of drug-likeness (QED) is 0.823. The summed E-state index contributed by atoms with van der Waals surface area (Å²) in [6.07, 6.45) is 4.92. The Bertz CT molecular complexity index is 415. The molecule has 0 aliphatic heterocycles. The number of hydrogen-bond donors (Lipinski definition) is 2. The van der Waals surface area contributed by atoms with Crippen LogP contribution in [0.15, 0.2) is 24.3 Å². The fourth-order valence-electron chi connectivity index (χ4n) is 2.52. The molecule has 1 fully saturated rings. The summed E-state index contributed by atoms with van der Waals surface area (Å²) < 4.78 is 0. The van der Waals surface area contributed by atoms with Crippen LogP contribution in [0.5, 0.6) is 0 Å². The minimum atomic E-state index is 0.139. The lowest BCUT2D eigenvalue weighted by Crippen LogP contribution is -2.46. The molecule has 0 unspecified atom stereocenters. The van der Waals surface area contributed by atoms with Gasteiger partial charge in [0, 0.05) is 13.0 Å². The van der Waals surface area contributed by atoms with E-state index in [0.29, 0.717) is 13.0 Å². The minimum absolute atomic E-state index is 0.139. The molecule has 1 aromatic rings. The second-order valence-electron chi connectivity index (χ2n) is 5.82. The highest BCUT2D eigenvalue weighted by molar-refractivity contribution is 5.76. The smallest absolute Gasteiger partial charge is 0.220 e. The molecule has 0 saturated heterocycles. The molecule has 1 aromatic carbocycles. The fourth-order valence-corrected chi connectivity index (χ4v) is 2.52. The maximum Gasteiger partial charge on any atom is 0.220 e. The molecule has 1 amide bonds. The van der Waals surface area contributed by atoms with Crippen LogP contribution in [0, 0.1) is 12.3 Å². The zero-order valence-corrected chi connectivity index (χ0v) is 11.7. The summed E-state index contributed by atoms with van der Waals surface area (Å²) in [6.45, 7) is 3.50. The molecule has 0 heterocycles. The number of amides is 1. The van der Waals surface area contributed by atoms with E-state index in [0.717, 1.165) is 25.8 Å². The van der Waals surface area contributed by atoms with Gasteiger partial charge in [0.25, 0.3) is 0 Å². The maximum absolute atomic E-state index is 11.8. The summed E-state index contributed by atoms with van der Waals surface area (Å²) in [7, 11) is 0. The van der Waals surface area contributed by atoms with Gasteiger partial charge in [0.05, 0.1) is 0 Å². The third-order valence-corrected chi connectivity index (χ3v) is 4.27. The van der Waals surface area contributed by atoms with Gasteiger partial charge in [0.1, 0.15) is 0 Å². The van der Waals surface area contributed by atoms with Crippen LogP contribution < -0.4 is 11.1 Å². The molecular weight excluding hydrogens is 236 g/mol. The van der Waals surface area contributed by atoms with E-state index in [-0.39, 0.29) is 11.3 Å². The molecule has 0 bridgehead atoms. The summed E-state index contributed by atoms with van der Waals surface area (Å²) in [5.74, 6) is 0.139. The third-order valence-electron chi connectivity index (χ3n) is 4.27. The molecule has 2 rings (SSSR count). The number of nitrogens with two attached hydrogens (primary N) is 1. The van der Waals surface area contributed by atoms with E-state index in [1.807, 2.05) is 0 Å². The summed E-state index contributed by atoms with van der Waals surface area (Å²) in [5, 5.41) is 3.04. The Hall–Kier alpha value is -1.35. The van der Waals surface area contributed by atoms with Crippen LogP contribution in [-0.4, -0.2) is 19.0 Å². The second-order valence-corrected chi connectivity index (χ2v) is 5.82. The number of benzene rings is 1. The number of hydrogen-bond acceptors (Lipinski definition) is 2. The zero-order chi connectivity index (χ0) is 13.7. The lowest BCUT2D eigenvalue weighted by Gasteiger charge is -2.41. The summed E-state index contributed by atoms with van der Waals surface area (Å²) in [4.78, 5) is 11.8. The van der Waals surface area contributed by atoms with E-state index >= 15 is 0 Å². The molecule has 1 aliphatic carbocycles. The van der Waals surface area contributed by atoms with Gasteiger partial charge in [0.15, 0.2) is 0 Å². The fraction of sp³-hybridized carbons (Fsp3) is 0.562. The first kappa shape index (κ1) is 14.1. The van der Waals surface area contributed by atoms with Crippen molar-refractivity contribution >= 4 is 5.91 Å². The first-order valence-electron chi connectivity index (χ1n) is 7.16. The summed E-state index contributed by atoms with van der Waals surface area (Å²) >= 11 is 0. The van der Waals surface area contributed by atoms with E-state index in [1.165, 1.54) is 17.5 Å². The Labute approximate surface area is 115 Å². The highest BCUT2D eigenvalue weighted by Crippen LogP contribution is 2.39. The second kappa shape index (κ2) is 6.20. The maximum atomic E-state index is 11.8. The highest BCUT2D eigenvalue weighted by atomic mass is 16.1. The Morgan fingerprint density at radius 3 is 2.53 bits per heavy atom. The van der Waals surface area contributed by atoms with Crippen molar-refractivity contribution in [1.82, 2.24) is 5.32 Å². The summed E-state index contributed by atoms with van der Waals surface area (Å²) in [6, 6.07) is 8.36. The predicted octanol–water partition coefficient (Wildman–Crippen LogP) is 2.17. The van der Waals surface area contributed by atoms with Gasteiger partial charge in [-0.15, -0.1) is 0 Å². The van der Waals surface area contributed by atoms with Crippen LogP contribution in [-0.2, 0) is 11.2 Å². The molecule has 0 aromatic heterocycles. The molecular formula is C16H24N2O. The van der Waals surface area contributed by atoms with Crippen LogP contribution in [0.1, 0.15) is 36.8 Å². The van der Waals surface area contributed by atoms with Crippen LogP contribution in [0.4, 0.5) is 0 Å². The molecule has 19 heavy (non-hydrogen) atoms. The molecule has 3 nitrogen and oxygen atoms in total. The Balaban J connectivity index is 1.71. The molecule has 3 N–H and O–H groups in total. The Morgan fingerprint density at radius 1 is 1.32 bits per heavy atom. The van der Waals surface area contributed by atoms with Crippen LogP contribution in [0.3, 0.4) is 0 Å². The van der Waals surface area contributed by atoms with Crippen molar-refractivity contribution in [2.24, 2.45) is 11.1 Å². The van der Waals surface area contributed by atoms with Gasteiger partial charge in [-0.3, -0.25) is 4.79 Å². The highest BCUT2D eigenvalue weighted by Gasteiger charge is 2.35. The first-order chi connectivity index (χ1) is 9.13. The number of carbonyl (C=O) groups excluding carboxylic acids is 1. The minimum Gasteiger partial charge on any atom is -0.355 e. The molecule has 0 spiro atoms. The number of aryl methyl sites for hydroxylation is 2. The van der Waals surface area contributed by atoms with Gasteiger partial charge < -0.3 is 11.1 Å². The van der Waals surface area contributed by atoms with Crippen LogP contribution in [0.2, 0.25) is 0 Å². The molecule has 104 valence electrons. The van der Waals surface area contributed by atoms with E-state index in [4.69, 9.17) is 5.73 Å². The van der Waals surface area contributed by atoms with Gasteiger partial charge in [-0.1, -0.05) is 36.2 Å². The predicted molar refractivity (Wildman–Crippen MR) is 77.8 cm³/mol. The molecule has 0 atom stereocenters. The number of nitrogens with one attached hydrogen (secondary N) is 1. The standard InChI is InChI=1S/C16H24N2O/c1-13-3-5-14(6-4-13)7-8-15(19)18-12-16(11-17)9-2-10-16/h3-6H,2,7-12,17H2,1H3,(H,18,19). The van der Waals surface area contributed by atoms with Crippen LogP contribution in [0.25, 0.3) is 0 Å². The van der Waals surface area contributed by atoms with Crippen molar-refractivity contribution < 1.29 is 4.79 Å². The average Bonchev–Trinajstić information content (AvgIpc) is 2.37. The van der Waals surface area contributed by atoms with Gasteiger partial charge in [0.2, 0.25) is 5.91 Å². The number of carbonyl (C=O) groups is 1. The van der Waals surface area contributed by atoms with Crippen molar-refractivity contribution in [2.45, 2.75) is 39.0 Å². The molecule has 3 heteroatoms. The Kier molecular flexibility index (Phi) is 4.59. The van der Waals surface area contributed by atoms with Gasteiger partial charge >= 0.3 is 0 Å². The van der Waals surface area contributed by atoms with Crippen LogP contribution >= 0.6 is 0 Å². The van der Waals surface area contributed by atoms with Crippen molar-refractivity contribution in [3.63, 3.8) is 0 Å². The van der Waals surface area contributed by atoms with Crippen molar-refractivity contribution in [1.29, 1.82) is 0 Å². The molecule has 1 aliphatic rings. The van der Waals surface area contributed by atoms with Crippen molar-refractivity contribution in [2.75, 3.05) is 13.1 Å². The van der Waals surface area contributed by atoms with Crippen molar-refractivity contribution in [3.8, 4) is 0 Å². The van der Waals surface area contributed by atoms with Gasteiger partial charge in [-0.05, 0) is 43.7 Å². The molecule has 1 saturated carbocycles. The largest absolute Gasteiger partial charge is 0.355 e. The Morgan fingerprint density at radius 2 is 2.00 bits per heavy atom. The van der Waals surface area contributed by atoms with E-state index in [1.54, 1.807) is 0 Å². The lowest BCUT2D eigenvalue weighted by atomic mass is 9.69. The van der Waals surface area contributed by atoms with Gasteiger partial charge in [-0.25, -0.2) is 0 Å². The third kappa shape index (κ3) is 3.80.